The van der Waals surface area contributed by atoms with Crippen molar-refractivity contribution >= 4 is 5.91 Å². The number of carbonyl (C=O) groups excluding carboxylic acids is 1. The van der Waals surface area contributed by atoms with Crippen molar-refractivity contribution < 1.29 is 15.0 Å². The first-order valence-electron chi connectivity index (χ1n) is 5.75. The summed E-state index contributed by atoms with van der Waals surface area (Å²) in [6, 6.07) is 6.42. The molecule has 1 rings (SSSR count). The minimum atomic E-state index is -0.368. The van der Waals surface area contributed by atoms with Gasteiger partial charge in [0.1, 0.15) is 5.75 Å². The summed E-state index contributed by atoms with van der Waals surface area (Å²) in [4.78, 5) is 11.7. The summed E-state index contributed by atoms with van der Waals surface area (Å²) in [6.07, 6.45) is 0.271. The Morgan fingerprint density at radius 3 is 2.59 bits per heavy atom. The topological polar surface area (TPSA) is 69.6 Å². The molecule has 0 heterocycles. The highest BCUT2D eigenvalue weighted by atomic mass is 16.3. The summed E-state index contributed by atoms with van der Waals surface area (Å²) in [6.45, 7) is 4.16. The van der Waals surface area contributed by atoms with Gasteiger partial charge in [0.2, 0.25) is 0 Å². The second-order valence-electron chi connectivity index (χ2n) is 4.42. The number of rotatable bonds is 5. The maximum atomic E-state index is 11.7. The molecule has 2 atom stereocenters. The van der Waals surface area contributed by atoms with E-state index >= 15 is 0 Å². The van der Waals surface area contributed by atoms with Gasteiger partial charge in [0.05, 0.1) is 11.7 Å². The molecule has 0 aliphatic rings. The molecule has 0 saturated carbocycles. The average molecular weight is 237 g/mol. The van der Waals surface area contributed by atoms with Gasteiger partial charge in [-0.2, -0.15) is 0 Å². The Morgan fingerprint density at radius 2 is 2.00 bits per heavy atom. The maximum absolute atomic E-state index is 11.7. The number of aliphatic hydroxyl groups is 1. The third kappa shape index (κ3) is 4.44. The first kappa shape index (κ1) is 13.5. The van der Waals surface area contributed by atoms with Gasteiger partial charge in [-0.3, -0.25) is 4.79 Å². The SMILES string of the molecule is CC(O)CC(C)CNC(=O)c1ccccc1O. The minimum absolute atomic E-state index is 0.0202. The monoisotopic (exact) mass is 237 g/mol. The molecule has 17 heavy (non-hydrogen) atoms. The van der Waals surface area contributed by atoms with E-state index in [2.05, 4.69) is 5.32 Å². The van der Waals surface area contributed by atoms with E-state index in [0.717, 1.165) is 0 Å². The smallest absolute Gasteiger partial charge is 0.255 e. The second kappa shape index (κ2) is 6.25. The Morgan fingerprint density at radius 1 is 1.35 bits per heavy atom. The van der Waals surface area contributed by atoms with Crippen LogP contribution < -0.4 is 5.32 Å². The van der Waals surface area contributed by atoms with Crippen LogP contribution in [-0.2, 0) is 0 Å². The molecule has 0 fully saturated rings. The molecule has 4 heteroatoms. The van der Waals surface area contributed by atoms with Gasteiger partial charge in [-0.05, 0) is 31.4 Å². The van der Waals surface area contributed by atoms with Crippen molar-refractivity contribution in [3.05, 3.63) is 29.8 Å². The van der Waals surface area contributed by atoms with E-state index in [9.17, 15) is 15.0 Å². The van der Waals surface area contributed by atoms with Crippen LogP contribution in [0.15, 0.2) is 24.3 Å². The number of carbonyl (C=O) groups is 1. The summed E-state index contributed by atoms with van der Waals surface area (Å²) >= 11 is 0. The lowest BCUT2D eigenvalue weighted by Crippen LogP contribution is -2.29. The van der Waals surface area contributed by atoms with Crippen molar-refractivity contribution in [1.82, 2.24) is 5.32 Å². The Labute approximate surface area is 101 Å². The van der Waals surface area contributed by atoms with Crippen LogP contribution in [0.2, 0.25) is 0 Å². The molecule has 4 nitrogen and oxygen atoms in total. The van der Waals surface area contributed by atoms with E-state index in [1.54, 1.807) is 25.1 Å². The number of amides is 1. The molecular weight excluding hydrogens is 218 g/mol. The Balaban J connectivity index is 2.48. The fourth-order valence-corrected chi connectivity index (χ4v) is 1.69. The van der Waals surface area contributed by atoms with E-state index in [4.69, 9.17) is 0 Å². The number of para-hydroxylation sites is 1. The van der Waals surface area contributed by atoms with Gasteiger partial charge < -0.3 is 15.5 Å². The molecule has 0 radical (unpaired) electrons. The van der Waals surface area contributed by atoms with Gasteiger partial charge >= 0.3 is 0 Å². The maximum Gasteiger partial charge on any atom is 0.255 e. The van der Waals surface area contributed by atoms with Crippen LogP contribution in [0, 0.1) is 5.92 Å². The van der Waals surface area contributed by atoms with Crippen molar-refractivity contribution in [1.29, 1.82) is 0 Å². The molecule has 0 aliphatic heterocycles. The first-order chi connectivity index (χ1) is 8.00. The zero-order valence-electron chi connectivity index (χ0n) is 10.2. The Hall–Kier alpha value is -1.55. The molecular formula is C13H19NO3. The lowest BCUT2D eigenvalue weighted by atomic mass is 10.0. The molecule has 0 saturated heterocycles. The number of aromatic hydroxyl groups is 1. The van der Waals surface area contributed by atoms with Gasteiger partial charge in [-0.1, -0.05) is 19.1 Å². The molecule has 0 bridgehead atoms. The zero-order chi connectivity index (χ0) is 12.8. The van der Waals surface area contributed by atoms with E-state index in [0.29, 0.717) is 13.0 Å². The van der Waals surface area contributed by atoms with E-state index < -0.39 is 0 Å². The summed E-state index contributed by atoms with van der Waals surface area (Å²) in [5, 5.41) is 21.4. The number of phenols is 1. The predicted octanol–water partition coefficient (Wildman–Crippen LogP) is 1.53. The summed E-state index contributed by atoms with van der Waals surface area (Å²) in [7, 11) is 0. The largest absolute Gasteiger partial charge is 0.507 e. The van der Waals surface area contributed by atoms with E-state index in [1.807, 2.05) is 6.92 Å². The highest BCUT2D eigenvalue weighted by molar-refractivity contribution is 5.96. The Bertz CT molecular complexity index is 377. The first-order valence-corrected chi connectivity index (χ1v) is 5.75. The fraction of sp³-hybridized carbons (Fsp3) is 0.462. The summed E-state index contributed by atoms with van der Waals surface area (Å²) in [5.41, 5.74) is 0.275. The van der Waals surface area contributed by atoms with Crippen molar-refractivity contribution in [2.75, 3.05) is 6.54 Å². The third-order valence-electron chi connectivity index (χ3n) is 2.50. The molecule has 2 unspecified atom stereocenters. The van der Waals surface area contributed by atoms with Gasteiger partial charge in [0.25, 0.3) is 5.91 Å². The fourth-order valence-electron chi connectivity index (χ4n) is 1.69. The third-order valence-corrected chi connectivity index (χ3v) is 2.50. The summed E-state index contributed by atoms with van der Waals surface area (Å²) in [5.74, 6) is -0.112. The number of aliphatic hydroxyl groups excluding tert-OH is 1. The van der Waals surface area contributed by atoms with Crippen LogP contribution in [0.4, 0.5) is 0 Å². The van der Waals surface area contributed by atoms with Crippen LogP contribution >= 0.6 is 0 Å². The highest BCUT2D eigenvalue weighted by Crippen LogP contribution is 2.15. The van der Waals surface area contributed by atoms with Gasteiger partial charge in [-0.25, -0.2) is 0 Å². The number of hydrogen-bond donors (Lipinski definition) is 3. The van der Waals surface area contributed by atoms with Crippen LogP contribution in [-0.4, -0.2) is 28.8 Å². The molecule has 0 spiro atoms. The minimum Gasteiger partial charge on any atom is -0.507 e. The van der Waals surface area contributed by atoms with Crippen molar-refractivity contribution in [2.45, 2.75) is 26.4 Å². The van der Waals surface area contributed by atoms with Crippen LogP contribution in [0.25, 0.3) is 0 Å². The number of nitrogens with one attached hydrogen (secondary N) is 1. The highest BCUT2D eigenvalue weighted by Gasteiger charge is 2.12. The van der Waals surface area contributed by atoms with Crippen molar-refractivity contribution in [2.24, 2.45) is 5.92 Å². The Kier molecular flexibility index (Phi) is 4.97. The molecule has 3 N–H and O–H groups in total. The van der Waals surface area contributed by atoms with E-state index in [-0.39, 0.29) is 29.2 Å². The lowest BCUT2D eigenvalue weighted by Gasteiger charge is -2.14. The average Bonchev–Trinajstić information content (AvgIpc) is 2.25. The van der Waals surface area contributed by atoms with Crippen LogP contribution in [0.1, 0.15) is 30.6 Å². The van der Waals surface area contributed by atoms with Crippen molar-refractivity contribution in [3.8, 4) is 5.75 Å². The number of hydrogen-bond acceptors (Lipinski definition) is 3. The van der Waals surface area contributed by atoms with Gasteiger partial charge in [-0.15, -0.1) is 0 Å². The van der Waals surface area contributed by atoms with Crippen LogP contribution in [0.5, 0.6) is 5.75 Å². The molecule has 1 aromatic carbocycles. The normalized spacial score (nSPS) is 14.1. The lowest BCUT2D eigenvalue weighted by molar-refractivity contribution is 0.0936. The molecule has 94 valence electrons. The van der Waals surface area contributed by atoms with Gasteiger partial charge in [0, 0.05) is 6.54 Å². The van der Waals surface area contributed by atoms with Gasteiger partial charge in [0.15, 0.2) is 0 Å². The number of benzene rings is 1. The molecule has 1 aromatic rings. The zero-order valence-corrected chi connectivity index (χ0v) is 10.2. The predicted molar refractivity (Wildman–Crippen MR) is 65.9 cm³/mol. The molecule has 1 amide bonds. The van der Waals surface area contributed by atoms with E-state index in [1.165, 1.54) is 6.07 Å². The molecule has 0 aromatic heterocycles. The number of phenolic OH excluding ortho intramolecular Hbond substituents is 1. The quantitative estimate of drug-likeness (QED) is 0.727. The molecule has 0 aliphatic carbocycles. The van der Waals surface area contributed by atoms with Crippen molar-refractivity contribution in [3.63, 3.8) is 0 Å². The van der Waals surface area contributed by atoms with Crippen LogP contribution in [0.3, 0.4) is 0 Å². The summed E-state index contributed by atoms with van der Waals surface area (Å²) < 4.78 is 0. The standard InChI is InChI=1S/C13H19NO3/c1-9(7-10(2)15)8-14-13(17)11-5-3-4-6-12(11)16/h3-6,9-10,15-16H,7-8H2,1-2H3,(H,14,17). The second-order valence-corrected chi connectivity index (χ2v) is 4.42.